The molecule has 0 aromatic carbocycles. The zero-order valence-corrected chi connectivity index (χ0v) is 12.0. The van der Waals surface area contributed by atoms with E-state index >= 15 is 0 Å². The molecule has 0 fully saturated rings. The van der Waals surface area contributed by atoms with Gasteiger partial charge in [0.25, 0.3) is 0 Å². The second-order valence-electron chi connectivity index (χ2n) is 4.92. The van der Waals surface area contributed by atoms with E-state index in [0.717, 1.165) is 17.8 Å². The lowest BCUT2D eigenvalue weighted by atomic mass is 10.1. The highest BCUT2D eigenvalue weighted by atomic mass is 35.5. The molecule has 102 valence electrons. The van der Waals surface area contributed by atoms with Gasteiger partial charge in [0.1, 0.15) is 5.15 Å². The number of aromatic nitrogens is 4. The molecule has 0 aliphatic carbocycles. The Morgan fingerprint density at radius 3 is 2.58 bits per heavy atom. The van der Waals surface area contributed by atoms with Crippen molar-refractivity contribution in [1.29, 1.82) is 0 Å². The molecule has 2 aromatic rings. The van der Waals surface area contributed by atoms with Crippen LogP contribution in [0.25, 0.3) is 5.82 Å². The Kier molecular flexibility index (Phi) is 4.17. The van der Waals surface area contributed by atoms with Crippen LogP contribution < -0.4 is 0 Å². The number of rotatable bonds is 4. The third-order valence-corrected chi connectivity index (χ3v) is 3.15. The van der Waals surface area contributed by atoms with Crippen LogP contribution >= 0.6 is 11.6 Å². The second-order valence-corrected chi connectivity index (χ2v) is 5.27. The summed E-state index contributed by atoms with van der Waals surface area (Å²) in [6.07, 6.45) is 0.766. The van der Waals surface area contributed by atoms with Crippen LogP contribution in [-0.2, 0) is 13.0 Å². The van der Waals surface area contributed by atoms with Gasteiger partial charge in [0.15, 0.2) is 5.82 Å². The van der Waals surface area contributed by atoms with Crippen LogP contribution in [-0.4, -0.2) is 25.1 Å². The molecule has 2 heterocycles. The Balaban J connectivity index is 2.46. The van der Waals surface area contributed by atoms with Crippen LogP contribution in [0.2, 0.25) is 5.15 Å². The Bertz CT molecular complexity index is 563. The van der Waals surface area contributed by atoms with Crippen molar-refractivity contribution in [2.75, 3.05) is 0 Å². The van der Waals surface area contributed by atoms with Crippen LogP contribution in [0.4, 0.5) is 0 Å². The topological polar surface area (TPSA) is 63.8 Å². The SMILES string of the molecule is Cc1ccc(-n2nc(CC(C)C)c(CO)c2Cl)nn1. The van der Waals surface area contributed by atoms with Gasteiger partial charge in [-0.15, -0.1) is 5.10 Å². The summed E-state index contributed by atoms with van der Waals surface area (Å²) >= 11 is 6.26. The summed E-state index contributed by atoms with van der Waals surface area (Å²) in [6.45, 7) is 5.94. The molecule has 0 aliphatic heterocycles. The Morgan fingerprint density at radius 2 is 2.05 bits per heavy atom. The van der Waals surface area contributed by atoms with Gasteiger partial charge in [-0.1, -0.05) is 25.4 Å². The Morgan fingerprint density at radius 1 is 1.32 bits per heavy atom. The van der Waals surface area contributed by atoms with Crippen LogP contribution in [0.1, 0.15) is 30.8 Å². The number of hydrogen-bond acceptors (Lipinski definition) is 4. The third kappa shape index (κ3) is 2.93. The molecule has 0 atom stereocenters. The van der Waals surface area contributed by atoms with E-state index in [1.807, 2.05) is 19.1 Å². The van der Waals surface area contributed by atoms with Gasteiger partial charge in [-0.3, -0.25) is 0 Å². The summed E-state index contributed by atoms with van der Waals surface area (Å²) in [4.78, 5) is 0. The van der Waals surface area contributed by atoms with Gasteiger partial charge >= 0.3 is 0 Å². The molecular weight excluding hydrogens is 264 g/mol. The Labute approximate surface area is 117 Å². The highest BCUT2D eigenvalue weighted by Crippen LogP contribution is 2.24. The summed E-state index contributed by atoms with van der Waals surface area (Å²) in [5, 5.41) is 22.3. The predicted molar refractivity (Wildman–Crippen MR) is 73.4 cm³/mol. The maximum absolute atomic E-state index is 9.44. The average molecular weight is 281 g/mol. The fraction of sp³-hybridized carbons (Fsp3) is 0.462. The minimum atomic E-state index is -0.125. The van der Waals surface area contributed by atoms with Crippen molar-refractivity contribution in [3.63, 3.8) is 0 Å². The van der Waals surface area contributed by atoms with Crippen LogP contribution in [0.15, 0.2) is 12.1 Å². The van der Waals surface area contributed by atoms with E-state index in [-0.39, 0.29) is 6.61 Å². The number of nitrogens with zero attached hydrogens (tertiary/aromatic N) is 4. The number of aliphatic hydroxyl groups excluding tert-OH is 1. The molecule has 0 unspecified atom stereocenters. The number of aliphatic hydroxyl groups is 1. The van der Waals surface area contributed by atoms with E-state index in [4.69, 9.17) is 11.6 Å². The first-order chi connectivity index (χ1) is 9.02. The molecule has 6 heteroatoms. The molecule has 1 N–H and O–H groups in total. The largest absolute Gasteiger partial charge is 0.391 e. The lowest BCUT2D eigenvalue weighted by Gasteiger charge is -2.02. The number of halogens is 1. The molecule has 2 rings (SSSR count). The zero-order chi connectivity index (χ0) is 14.0. The fourth-order valence-corrected chi connectivity index (χ4v) is 2.13. The number of aryl methyl sites for hydroxylation is 1. The molecular formula is C13H17ClN4O. The first-order valence-corrected chi connectivity index (χ1v) is 6.58. The molecule has 19 heavy (non-hydrogen) atoms. The summed E-state index contributed by atoms with van der Waals surface area (Å²) in [6, 6.07) is 3.66. The molecule has 0 bridgehead atoms. The minimum Gasteiger partial charge on any atom is -0.391 e. The molecule has 0 saturated carbocycles. The molecule has 2 aromatic heterocycles. The molecule has 0 aliphatic rings. The van der Waals surface area contributed by atoms with Crippen molar-refractivity contribution in [2.24, 2.45) is 5.92 Å². The van der Waals surface area contributed by atoms with E-state index in [1.54, 1.807) is 0 Å². The fourth-order valence-electron chi connectivity index (χ4n) is 1.84. The van der Waals surface area contributed by atoms with Gasteiger partial charge in [0, 0.05) is 5.56 Å². The van der Waals surface area contributed by atoms with Gasteiger partial charge in [-0.2, -0.15) is 10.2 Å². The first-order valence-electron chi connectivity index (χ1n) is 6.20. The maximum atomic E-state index is 9.44. The lowest BCUT2D eigenvalue weighted by Crippen LogP contribution is -2.03. The van der Waals surface area contributed by atoms with E-state index < -0.39 is 0 Å². The van der Waals surface area contributed by atoms with E-state index in [2.05, 4.69) is 29.1 Å². The van der Waals surface area contributed by atoms with Gasteiger partial charge in [0.2, 0.25) is 0 Å². The van der Waals surface area contributed by atoms with Crippen LogP contribution in [0, 0.1) is 12.8 Å². The lowest BCUT2D eigenvalue weighted by molar-refractivity contribution is 0.280. The minimum absolute atomic E-state index is 0.125. The van der Waals surface area contributed by atoms with Gasteiger partial charge in [-0.05, 0) is 31.4 Å². The van der Waals surface area contributed by atoms with Crippen molar-refractivity contribution in [1.82, 2.24) is 20.0 Å². The smallest absolute Gasteiger partial charge is 0.177 e. The highest BCUT2D eigenvalue weighted by molar-refractivity contribution is 6.30. The first kappa shape index (κ1) is 14.0. The van der Waals surface area contributed by atoms with Crippen molar-refractivity contribution >= 4 is 11.6 Å². The maximum Gasteiger partial charge on any atom is 0.177 e. The quantitative estimate of drug-likeness (QED) is 0.933. The van der Waals surface area contributed by atoms with Gasteiger partial charge in [0.05, 0.1) is 18.0 Å². The van der Waals surface area contributed by atoms with E-state index in [9.17, 15) is 5.11 Å². The summed E-state index contributed by atoms with van der Waals surface area (Å²) < 4.78 is 1.53. The van der Waals surface area contributed by atoms with Crippen molar-refractivity contribution in [3.05, 3.63) is 34.2 Å². The molecule has 0 saturated heterocycles. The molecule has 0 radical (unpaired) electrons. The zero-order valence-electron chi connectivity index (χ0n) is 11.3. The van der Waals surface area contributed by atoms with Crippen molar-refractivity contribution in [3.8, 4) is 5.82 Å². The van der Waals surface area contributed by atoms with Gasteiger partial charge in [-0.25, -0.2) is 4.68 Å². The van der Waals surface area contributed by atoms with Crippen molar-refractivity contribution < 1.29 is 5.11 Å². The monoisotopic (exact) mass is 280 g/mol. The Hall–Kier alpha value is -1.46. The third-order valence-electron chi connectivity index (χ3n) is 2.76. The molecule has 0 amide bonds. The molecule has 0 spiro atoms. The summed E-state index contributed by atoms with van der Waals surface area (Å²) in [7, 11) is 0. The summed E-state index contributed by atoms with van der Waals surface area (Å²) in [5.41, 5.74) is 2.31. The highest BCUT2D eigenvalue weighted by Gasteiger charge is 2.18. The number of hydrogen-bond donors (Lipinski definition) is 1. The van der Waals surface area contributed by atoms with Gasteiger partial charge < -0.3 is 5.11 Å². The molecule has 5 nitrogen and oxygen atoms in total. The van der Waals surface area contributed by atoms with E-state index in [1.165, 1.54) is 4.68 Å². The van der Waals surface area contributed by atoms with Crippen molar-refractivity contribution in [2.45, 2.75) is 33.8 Å². The normalized spacial score (nSPS) is 11.3. The standard InChI is InChI=1S/C13H17ClN4O/c1-8(2)6-11-10(7-19)13(14)18(17-11)12-5-4-9(3)15-16-12/h4-5,8,19H,6-7H2,1-3H3. The summed E-state index contributed by atoms with van der Waals surface area (Å²) in [5.74, 6) is 0.995. The average Bonchev–Trinajstić information content (AvgIpc) is 2.66. The van der Waals surface area contributed by atoms with Crippen LogP contribution in [0.3, 0.4) is 0 Å². The predicted octanol–water partition coefficient (Wildman–Crippen LogP) is 2.31. The van der Waals surface area contributed by atoms with Crippen LogP contribution in [0.5, 0.6) is 0 Å². The second kappa shape index (κ2) is 5.67. The van der Waals surface area contributed by atoms with E-state index in [0.29, 0.717) is 22.5 Å².